The van der Waals surface area contributed by atoms with Crippen LogP contribution < -0.4 is 5.32 Å². The molecule has 106 valence electrons. The van der Waals surface area contributed by atoms with Crippen molar-refractivity contribution in [3.8, 4) is 0 Å². The van der Waals surface area contributed by atoms with E-state index in [-0.39, 0.29) is 0 Å². The molecule has 1 aliphatic carbocycles. The zero-order chi connectivity index (χ0) is 13.7. The molecular weight excluding hydrogens is 322 g/mol. The Hall–Kier alpha value is -0.0500. The lowest BCUT2D eigenvalue weighted by Crippen LogP contribution is -2.20. The van der Waals surface area contributed by atoms with Gasteiger partial charge in [0.15, 0.2) is 0 Å². The summed E-state index contributed by atoms with van der Waals surface area (Å²) in [5.41, 5.74) is 1.29. The van der Waals surface area contributed by atoms with E-state index in [4.69, 9.17) is 11.6 Å². The molecule has 0 aromatic heterocycles. The van der Waals surface area contributed by atoms with Gasteiger partial charge in [0.25, 0.3) is 0 Å². The standard InChI is InChI=1S/C16H23BrClN/c1-12-2-4-13(5-3-12)8-9-19-11-14-6-7-16(18)15(17)10-14/h6-7,10,12-13,19H,2-5,8-9,11H2,1H3. The topological polar surface area (TPSA) is 12.0 Å². The van der Waals surface area contributed by atoms with Gasteiger partial charge < -0.3 is 5.32 Å². The van der Waals surface area contributed by atoms with Gasteiger partial charge in [-0.15, -0.1) is 0 Å². The summed E-state index contributed by atoms with van der Waals surface area (Å²) in [6.45, 7) is 4.44. The second kappa shape index (κ2) is 7.66. The molecule has 0 heterocycles. The Morgan fingerprint density at radius 1 is 1.26 bits per heavy atom. The van der Waals surface area contributed by atoms with Crippen molar-refractivity contribution >= 4 is 27.5 Å². The van der Waals surface area contributed by atoms with E-state index in [9.17, 15) is 0 Å². The van der Waals surface area contributed by atoms with Crippen molar-refractivity contribution in [1.29, 1.82) is 0 Å². The third-order valence-corrected chi connectivity index (χ3v) is 5.39. The quantitative estimate of drug-likeness (QED) is 0.704. The smallest absolute Gasteiger partial charge is 0.0548 e. The molecule has 3 heteroatoms. The van der Waals surface area contributed by atoms with Crippen LogP contribution in [0.2, 0.25) is 5.02 Å². The summed E-state index contributed by atoms with van der Waals surface area (Å²) in [5, 5.41) is 4.32. The molecule has 0 aliphatic heterocycles. The van der Waals surface area contributed by atoms with Gasteiger partial charge in [-0.3, -0.25) is 0 Å². The molecule has 1 aliphatic rings. The number of hydrogen-bond acceptors (Lipinski definition) is 1. The van der Waals surface area contributed by atoms with Gasteiger partial charge in [-0.1, -0.05) is 50.3 Å². The Morgan fingerprint density at radius 3 is 2.68 bits per heavy atom. The average molecular weight is 345 g/mol. The van der Waals surface area contributed by atoms with E-state index in [0.717, 1.165) is 34.4 Å². The van der Waals surface area contributed by atoms with Gasteiger partial charge in [-0.05, 0) is 58.4 Å². The van der Waals surface area contributed by atoms with E-state index >= 15 is 0 Å². The van der Waals surface area contributed by atoms with Crippen LogP contribution in [0.5, 0.6) is 0 Å². The van der Waals surface area contributed by atoms with Crippen LogP contribution in [0, 0.1) is 11.8 Å². The highest BCUT2D eigenvalue weighted by Crippen LogP contribution is 2.30. The molecule has 2 rings (SSSR count). The van der Waals surface area contributed by atoms with Crippen LogP contribution in [0.15, 0.2) is 22.7 Å². The first-order valence-electron chi connectivity index (χ1n) is 7.30. The van der Waals surface area contributed by atoms with E-state index in [0.29, 0.717) is 0 Å². The van der Waals surface area contributed by atoms with Gasteiger partial charge in [0.2, 0.25) is 0 Å². The van der Waals surface area contributed by atoms with Crippen molar-refractivity contribution in [2.24, 2.45) is 11.8 Å². The Bertz CT molecular complexity index is 400. The van der Waals surface area contributed by atoms with Gasteiger partial charge >= 0.3 is 0 Å². The van der Waals surface area contributed by atoms with Crippen LogP contribution in [0.1, 0.15) is 44.6 Å². The summed E-state index contributed by atoms with van der Waals surface area (Å²) in [7, 11) is 0. The number of rotatable bonds is 5. The minimum atomic E-state index is 0.778. The molecule has 0 unspecified atom stereocenters. The maximum absolute atomic E-state index is 5.99. The number of halogens is 2. The Balaban J connectivity index is 1.65. The average Bonchev–Trinajstić information content (AvgIpc) is 2.41. The molecule has 0 radical (unpaired) electrons. The zero-order valence-electron chi connectivity index (χ0n) is 11.6. The minimum absolute atomic E-state index is 0.778. The van der Waals surface area contributed by atoms with E-state index in [2.05, 4.69) is 40.3 Å². The van der Waals surface area contributed by atoms with E-state index in [1.165, 1.54) is 37.7 Å². The highest BCUT2D eigenvalue weighted by molar-refractivity contribution is 9.10. The van der Waals surface area contributed by atoms with Crippen LogP contribution in [-0.2, 0) is 6.54 Å². The van der Waals surface area contributed by atoms with E-state index in [1.54, 1.807) is 0 Å². The van der Waals surface area contributed by atoms with Crippen molar-refractivity contribution in [2.45, 2.75) is 45.6 Å². The Labute approximate surface area is 130 Å². The third kappa shape index (κ3) is 5.09. The highest BCUT2D eigenvalue weighted by Gasteiger charge is 2.17. The number of benzene rings is 1. The predicted molar refractivity (Wildman–Crippen MR) is 86.6 cm³/mol. The molecule has 0 amide bonds. The summed E-state index contributed by atoms with van der Waals surface area (Å²) < 4.78 is 0.981. The van der Waals surface area contributed by atoms with Crippen molar-refractivity contribution in [3.05, 3.63) is 33.3 Å². The molecule has 0 spiro atoms. The van der Waals surface area contributed by atoms with E-state index < -0.39 is 0 Å². The molecule has 1 N–H and O–H groups in total. The van der Waals surface area contributed by atoms with Crippen LogP contribution in [0.3, 0.4) is 0 Å². The molecule has 1 saturated carbocycles. The molecule has 19 heavy (non-hydrogen) atoms. The third-order valence-electron chi connectivity index (χ3n) is 4.18. The first-order chi connectivity index (χ1) is 9.15. The zero-order valence-corrected chi connectivity index (χ0v) is 13.9. The fourth-order valence-electron chi connectivity index (χ4n) is 2.81. The molecule has 1 aromatic carbocycles. The van der Waals surface area contributed by atoms with E-state index in [1.807, 2.05) is 6.07 Å². The molecular formula is C16H23BrClN. The SMILES string of the molecule is CC1CCC(CCNCc2ccc(Cl)c(Br)c2)CC1. The largest absolute Gasteiger partial charge is 0.313 e. The van der Waals surface area contributed by atoms with Crippen LogP contribution in [0.4, 0.5) is 0 Å². The summed E-state index contributed by atoms with van der Waals surface area (Å²) in [5.74, 6) is 1.90. The highest BCUT2D eigenvalue weighted by atomic mass is 79.9. The summed E-state index contributed by atoms with van der Waals surface area (Å²) in [6, 6.07) is 6.13. The fourth-order valence-corrected chi connectivity index (χ4v) is 3.35. The van der Waals surface area contributed by atoms with Crippen LogP contribution >= 0.6 is 27.5 Å². The number of hydrogen-bond donors (Lipinski definition) is 1. The van der Waals surface area contributed by atoms with Gasteiger partial charge in [0, 0.05) is 11.0 Å². The van der Waals surface area contributed by atoms with Gasteiger partial charge in [-0.2, -0.15) is 0 Å². The van der Waals surface area contributed by atoms with Crippen LogP contribution in [0.25, 0.3) is 0 Å². The fraction of sp³-hybridized carbons (Fsp3) is 0.625. The minimum Gasteiger partial charge on any atom is -0.313 e. The van der Waals surface area contributed by atoms with Crippen molar-refractivity contribution in [3.63, 3.8) is 0 Å². The monoisotopic (exact) mass is 343 g/mol. The van der Waals surface area contributed by atoms with Gasteiger partial charge in [0.05, 0.1) is 5.02 Å². The maximum Gasteiger partial charge on any atom is 0.0548 e. The summed E-state index contributed by atoms with van der Waals surface area (Å²) in [6.07, 6.45) is 7.02. The van der Waals surface area contributed by atoms with Crippen molar-refractivity contribution < 1.29 is 0 Å². The maximum atomic E-state index is 5.99. The molecule has 1 aromatic rings. The molecule has 1 nitrogen and oxygen atoms in total. The molecule has 0 bridgehead atoms. The normalized spacial score (nSPS) is 23.5. The summed E-state index contributed by atoms with van der Waals surface area (Å²) in [4.78, 5) is 0. The lowest BCUT2D eigenvalue weighted by atomic mass is 9.81. The molecule has 0 saturated heterocycles. The summed E-state index contributed by atoms with van der Waals surface area (Å²) >= 11 is 9.45. The lowest BCUT2D eigenvalue weighted by Gasteiger charge is -2.26. The lowest BCUT2D eigenvalue weighted by molar-refractivity contribution is 0.275. The first-order valence-corrected chi connectivity index (χ1v) is 8.47. The van der Waals surface area contributed by atoms with Gasteiger partial charge in [-0.25, -0.2) is 0 Å². The van der Waals surface area contributed by atoms with Crippen molar-refractivity contribution in [1.82, 2.24) is 5.32 Å². The van der Waals surface area contributed by atoms with Crippen LogP contribution in [-0.4, -0.2) is 6.54 Å². The number of nitrogens with one attached hydrogen (secondary N) is 1. The second-order valence-electron chi connectivity index (χ2n) is 5.84. The second-order valence-corrected chi connectivity index (χ2v) is 7.10. The Morgan fingerprint density at radius 2 is 2.00 bits per heavy atom. The van der Waals surface area contributed by atoms with Gasteiger partial charge in [0.1, 0.15) is 0 Å². The van der Waals surface area contributed by atoms with Crippen molar-refractivity contribution in [2.75, 3.05) is 6.54 Å². The molecule has 0 atom stereocenters. The first kappa shape index (κ1) is 15.3. The predicted octanol–water partition coefficient (Wildman–Crippen LogP) is 5.41. The molecule has 1 fully saturated rings. The Kier molecular flexibility index (Phi) is 6.18.